The van der Waals surface area contributed by atoms with Crippen molar-refractivity contribution in [3.05, 3.63) is 22.5 Å². The predicted molar refractivity (Wildman–Crippen MR) is 96.1 cm³/mol. The minimum atomic E-state index is -0.0870. The quantitative estimate of drug-likeness (QED) is 0.845. The maximum Gasteiger partial charge on any atom is 0.319 e. The van der Waals surface area contributed by atoms with Crippen LogP contribution in [-0.2, 0) is 6.42 Å². The fourth-order valence-corrected chi connectivity index (χ4v) is 3.38. The molecule has 7 nitrogen and oxygen atoms in total. The number of aromatic amines is 1. The number of aromatic nitrogens is 1. The summed E-state index contributed by atoms with van der Waals surface area (Å²) in [5, 5.41) is 0. The highest BCUT2D eigenvalue weighted by molar-refractivity contribution is 6.02. The molecule has 1 aromatic rings. The number of piperazine rings is 1. The molecule has 1 fully saturated rings. The number of carbonyl (C=O) groups excluding carboxylic acids is 3. The molecule has 0 radical (unpaired) electrons. The van der Waals surface area contributed by atoms with Gasteiger partial charge in [0.25, 0.3) is 5.91 Å². The molecule has 0 aromatic carbocycles. The van der Waals surface area contributed by atoms with Gasteiger partial charge >= 0.3 is 6.03 Å². The van der Waals surface area contributed by atoms with Crippen molar-refractivity contribution in [2.24, 2.45) is 0 Å². The molecule has 2 heterocycles. The molecule has 1 aliphatic rings. The van der Waals surface area contributed by atoms with Crippen LogP contribution in [0, 0.1) is 6.92 Å². The average Bonchev–Trinajstić information content (AvgIpc) is 2.90. The number of ketones is 1. The van der Waals surface area contributed by atoms with Gasteiger partial charge in [-0.15, -0.1) is 0 Å². The zero-order chi connectivity index (χ0) is 18.7. The first kappa shape index (κ1) is 19.0. The number of hydrogen-bond acceptors (Lipinski definition) is 3. The second-order valence-electron chi connectivity index (χ2n) is 6.74. The predicted octanol–water partition coefficient (Wildman–Crippen LogP) is 1.92. The molecule has 138 valence electrons. The number of aryl methyl sites for hydroxylation is 1. The number of H-pyrrole nitrogens is 1. The van der Waals surface area contributed by atoms with E-state index in [9.17, 15) is 14.4 Å². The summed E-state index contributed by atoms with van der Waals surface area (Å²) in [5.74, 6) is -0.103. The molecule has 1 aliphatic heterocycles. The Morgan fingerprint density at radius 1 is 1.08 bits per heavy atom. The summed E-state index contributed by atoms with van der Waals surface area (Å²) >= 11 is 0. The highest BCUT2D eigenvalue weighted by Gasteiger charge is 2.29. The maximum absolute atomic E-state index is 13.0. The third-order valence-corrected chi connectivity index (χ3v) is 4.58. The van der Waals surface area contributed by atoms with Crippen LogP contribution >= 0.6 is 0 Å². The van der Waals surface area contributed by atoms with E-state index >= 15 is 0 Å². The van der Waals surface area contributed by atoms with Crippen molar-refractivity contribution in [2.45, 2.75) is 33.6 Å². The molecule has 0 atom stereocenters. The van der Waals surface area contributed by atoms with Gasteiger partial charge in [0, 0.05) is 51.5 Å². The van der Waals surface area contributed by atoms with E-state index in [0.717, 1.165) is 17.7 Å². The van der Waals surface area contributed by atoms with E-state index < -0.39 is 0 Å². The number of carbonyl (C=O) groups is 3. The van der Waals surface area contributed by atoms with Crippen LogP contribution in [0.1, 0.15) is 52.4 Å². The molecule has 0 bridgehead atoms. The molecule has 0 saturated carbocycles. The maximum atomic E-state index is 13.0. The van der Waals surface area contributed by atoms with Gasteiger partial charge in [0.2, 0.25) is 0 Å². The fraction of sp³-hybridized carbons (Fsp3) is 0.611. The Morgan fingerprint density at radius 2 is 1.64 bits per heavy atom. The number of hydrogen-bond donors (Lipinski definition) is 1. The van der Waals surface area contributed by atoms with Gasteiger partial charge in [0.1, 0.15) is 5.69 Å². The van der Waals surface area contributed by atoms with Crippen LogP contribution in [0.4, 0.5) is 4.79 Å². The van der Waals surface area contributed by atoms with E-state index in [0.29, 0.717) is 43.9 Å². The van der Waals surface area contributed by atoms with Gasteiger partial charge < -0.3 is 19.7 Å². The summed E-state index contributed by atoms with van der Waals surface area (Å²) < 4.78 is 0. The summed E-state index contributed by atoms with van der Waals surface area (Å²) in [5.41, 5.74) is 2.74. The SMILES string of the molecule is CCCc1c(C(=O)N2CCN(C(=O)N(C)C)CC2)[nH]c(C)c1C(C)=O. The molecule has 1 N–H and O–H groups in total. The van der Waals surface area contributed by atoms with Gasteiger partial charge in [-0.1, -0.05) is 13.3 Å². The van der Waals surface area contributed by atoms with E-state index in [4.69, 9.17) is 0 Å². The summed E-state index contributed by atoms with van der Waals surface area (Å²) in [6.45, 7) is 7.44. The highest BCUT2D eigenvalue weighted by atomic mass is 16.2. The van der Waals surface area contributed by atoms with Crippen LogP contribution in [-0.4, -0.2) is 77.7 Å². The molecule has 1 aromatic heterocycles. The topological polar surface area (TPSA) is 76.7 Å². The molecule has 7 heteroatoms. The second-order valence-corrected chi connectivity index (χ2v) is 6.74. The molecular weight excluding hydrogens is 320 g/mol. The van der Waals surface area contributed by atoms with Crippen LogP contribution in [0.5, 0.6) is 0 Å². The number of Topliss-reactive ketones (excluding diaryl/α,β-unsaturated/α-hetero) is 1. The standard InChI is InChI=1S/C18H28N4O3/c1-6-7-14-15(13(3)23)12(2)19-16(14)17(24)21-8-10-22(11-9-21)18(25)20(4)5/h19H,6-11H2,1-5H3. The smallest absolute Gasteiger partial charge is 0.319 e. The van der Waals surface area contributed by atoms with Crippen molar-refractivity contribution < 1.29 is 14.4 Å². The van der Waals surface area contributed by atoms with Gasteiger partial charge in [-0.3, -0.25) is 9.59 Å². The van der Waals surface area contributed by atoms with Crippen LogP contribution in [0.2, 0.25) is 0 Å². The lowest BCUT2D eigenvalue weighted by atomic mass is 10.0. The van der Waals surface area contributed by atoms with Crippen LogP contribution in [0.3, 0.4) is 0 Å². The van der Waals surface area contributed by atoms with Crippen molar-refractivity contribution in [1.29, 1.82) is 0 Å². The normalized spacial score (nSPS) is 14.6. The number of nitrogens with zero attached hydrogens (tertiary/aromatic N) is 3. The molecule has 0 unspecified atom stereocenters. The number of rotatable bonds is 4. The molecule has 2 rings (SSSR count). The van der Waals surface area contributed by atoms with Gasteiger partial charge in [-0.2, -0.15) is 0 Å². The van der Waals surface area contributed by atoms with Crippen molar-refractivity contribution in [3.8, 4) is 0 Å². The first-order valence-corrected chi connectivity index (χ1v) is 8.75. The lowest BCUT2D eigenvalue weighted by Gasteiger charge is -2.35. The lowest BCUT2D eigenvalue weighted by molar-refractivity contribution is 0.0644. The van der Waals surface area contributed by atoms with Crippen LogP contribution in [0.25, 0.3) is 0 Å². The zero-order valence-electron chi connectivity index (χ0n) is 15.8. The van der Waals surface area contributed by atoms with Crippen molar-refractivity contribution in [3.63, 3.8) is 0 Å². The fourth-order valence-electron chi connectivity index (χ4n) is 3.38. The zero-order valence-corrected chi connectivity index (χ0v) is 15.8. The number of nitrogens with one attached hydrogen (secondary N) is 1. The summed E-state index contributed by atoms with van der Waals surface area (Å²) in [4.78, 5) is 45.1. The highest BCUT2D eigenvalue weighted by Crippen LogP contribution is 2.23. The Balaban J connectivity index is 2.18. The van der Waals surface area contributed by atoms with Crippen LogP contribution < -0.4 is 0 Å². The summed E-state index contributed by atoms with van der Waals surface area (Å²) in [7, 11) is 3.45. The minimum Gasteiger partial charge on any atom is -0.354 e. The first-order valence-electron chi connectivity index (χ1n) is 8.75. The van der Waals surface area contributed by atoms with E-state index in [1.165, 1.54) is 6.92 Å². The Hall–Kier alpha value is -2.31. The van der Waals surface area contributed by atoms with Gasteiger partial charge in [0.05, 0.1) is 0 Å². The lowest BCUT2D eigenvalue weighted by Crippen LogP contribution is -2.53. The van der Waals surface area contributed by atoms with E-state index in [1.807, 2.05) is 13.8 Å². The second kappa shape index (κ2) is 7.72. The third-order valence-electron chi connectivity index (χ3n) is 4.58. The Labute approximate surface area is 149 Å². The third kappa shape index (κ3) is 3.86. The molecule has 25 heavy (non-hydrogen) atoms. The van der Waals surface area contributed by atoms with Gasteiger partial charge in [0.15, 0.2) is 5.78 Å². The van der Waals surface area contributed by atoms with Crippen molar-refractivity contribution in [2.75, 3.05) is 40.3 Å². The van der Waals surface area contributed by atoms with E-state index in [1.54, 1.807) is 28.8 Å². The largest absolute Gasteiger partial charge is 0.354 e. The van der Waals surface area contributed by atoms with Gasteiger partial charge in [-0.05, 0) is 25.8 Å². The summed E-state index contributed by atoms with van der Waals surface area (Å²) in [6.07, 6.45) is 1.56. The first-order chi connectivity index (χ1) is 11.8. The van der Waals surface area contributed by atoms with Crippen molar-refractivity contribution in [1.82, 2.24) is 19.7 Å². The Morgan fingerprint density at radius 3 is 2.12 bits per heavy atom. The number of amides is 3. The van der Waals surface area contributed by atoms with Gasteiger partial charge in [-0.25, -0.2) is 4.79 Å². The Kier molecular flexibility index (Phi) is 5.87. The molecule has 1 saturated heterocycles. The molecule has 3 amide bonds. The molecule has 0 aliphatic carbocycles. The van der Waals surface area contributed by atoms with Crippen LogP contribution in [0.15, 0.2) is 0 Å². The molecular formula is C18H28N4O3. The Bertz CT molecular complexity index is 670. The minimum absolute atomic E-state index is 0.0161. The average molecular weight is 348 g/mol. The van der Waals surface area contributed by atoms with E-state index in [-0.39, 0.29) is 17.7 Å². The van der Waals surface area contributed by atoms with Crippen molar-refractivity contribution >= 4 is 17.7 Å². The summed E-state index contributed by atoms with van der Waals surface area (Å²) in [6, 6.07) is -0.0339. The number of urea groups is 1. The van der Waals surface area contributed by atoms with E-state index in [2.05, 4.69) is 4.98 Å². The molecule has 0 spiro atoms. The monoisotopic (exact) mass is 348 g/mol.